The number of H-pyrrole nitrogens is 1. The van der Waals surface area contributed by atoms with E-state index in [1.165, 1.54) is 19.2 Å². The lowest BCUT2D eigenvalue weighted by molar-refractivity contribution is 0.0594. The van der Waals surface area contributed by atoms with E-state index in [1.54, 1.807) is 24.7 Å². The van der Waals surface area contributed by atoms with Crippen LogP contribution >= 0.6 is 0 Å². The number of nitrogens with zero attached hydrogens (tertiary/aromatic N) is 3. The summed E-state index contributed by atoms with van der Waals surface area (Å²) in [6, 6.07) is 6.17. The standard InChI is InChI=1S/C21H21FN4O3/c1-28-21(27)19-16(9-24-25-19)20-18(12-2-4-14(22)5-3-12)23-11-26(20)10-13-8-15-6-7-17(13)29-15/h2-5,9,11,13,15,17H,6-8,10H2,1H3,(H,24,25)/t13-,15-,17+/m0/s1. The van der Waals surface area contributed by atoms with Crippen molar-refractivity contribution in [1.82, 2.24) is 19.7 Å². The van der Waals surface area contributed by atoms with Crippen LogP contribution in [0, 0.1) is 11.7 Å². The van der Waals surface area contributed by atoms with Crippen molar-refractivity contribution in [1.29, 1.82) is 0 Å². The zero-order chi connectivity index (χ0) is 20.0. The van der Waals surface area contributed by atoms with Crippen LogP contribution in [0.4, 0.5) is 4.39 Å². The third-order valence-corrected chi connectivity index (χ3v) is 5.90. The molecule has 0 radical (unpaired) electrons. The number of imidazole rings is 1. The summed E-state index contributed by atoms with van der Waals surface area (Å²) in [4.78, 5) is 16.9. The molecule has 5 rings (SSSR count). The summed E-state index contributed by atoms with van der Waals surface area (Å²) in [5.74, 6) is -0.415. The Bertz CT molecular complexity index is 1040. The van der Waals surface area contributed by atoms with Crippen molar-refractivity contribution in [3.05, 3.63) is 48.3 Å². The van der Waals surface area contributed by atoms with E-state index >= 15 is 0 Å². The average Bonchev–Trinajstić information content (AvgIpc) is 3.51. The molecular formula is C21H21FN4O3. The summed E-state index contributed by atoms with van der Waals surface area (Å²) < 4.78 is 26.4. The highest BCUT2D eigenvalue weighted by Gasteiger charge is 2.41. The van der Waals surface area contributed by atoms with Crippen LogP contribution in [0.1, 0.15) is 29.8 Å². The molecule has 4 heterocycles. The Morgan fingerprint density at radius 2 is 2.17 bits per heavy atom. The van der Waals surface area contributed by atoms with Crippen LogP contribution in [0.3, 0.4) is 0 Å². The molecule has 2 aliphatic heterocycles. The summed E-state index contributed by atoms with van der Waals surface area (Å²) in [7, 11) is 1.33. The van der Waals surface area contributed by atoms with Crippen LogP contribution in [-0.4, -0.2) is 45.0 Å². The summed E-state index contributed by atoms with van der Waals surface area (Å²) in [5, 5.41) is 6.79. The summed E-state index contributed by atoms with van der Waals surface area (Å²) in [6.07, 6.45) is 7.25. The highest BCUT2D eigenvalue weighted by Crippen LogP contribution is 2.41. The number of rotatable bonds is 5. The van der Waals surface area contributed by atoms with Gasteiger partial charge in [0.25, 0.3) is 0 Å². The molecule has 7 nitrogen and oxygen atoms in total. The number of aromatic amines is 1. The summed E-state index contributed by atoms with van der Waals surface area (Å²) >= 11 is 0. The molecule has 0 amide bonds. The Hall–Kier alpha value is -3.00. The predicted molar refractivity (Wildman–Crippen MR) is 103 cm³/mol. The van der Waals surface area contributed by atoms with Crippen molar-refractivity contribution < 1.29 is 18.7 Å². The van der Waals surface area contributed by atoms with E-state index in [2.05, 4.69) is 15.2 Å². The molecule has 0 saturated carbocycles. The summed E-state index contributed by atoms with van der Waals surface area (Å²) in [6.45, 7) is 0.733. The SMILES string of the molecule is COC(=O)c1[nH]ncc1-c1c(-c2ccc(F)cc2)ncn1C[C@@H]1C[C@@H]2CC[C@H]1O2. The van der Waals surface area contributed by atoms with Gasteiger partial charge in [0, 0.05) is 18.0 Å². The average molecular weight is 396 g/mol. The number of benzene rings is 1. The maximum absolute atomic E-state index is 13.4. The van der Waals surface area contributed by atoms with Gasteiger partial charge in [-0.2, -0.15) is 5.10 Å². The molecule has 3 aromatic rings. The number of aromatic nitrogens is 4. The molecular weight excluding hydrogens is 375 g/mol. The van der Waals surface area contributed by atoms with Gasteiger partial charge in [0.1, 0.15) is 5.82 Å². The lowest BCUT2D eigenvalue weighted by atomic mass is 9.89. The molecule has 8 heteroatoms. The molecule has 2 saturated heterocycles. The maximum Gasteiger partial charge on any atom is 0.356 e. The Balaban J connectivity index is 1.59. The van der Waals surface area contributed by atoms with Crippen LogP contribution in [0.15, 0.2) is 36.8 Å². The molecule has 150 valence electrons. The molecule has 1 aromatic carbocycles. The number of esters is 1. The Kier molecular flexibility index (Phi) is 4.43. The molecule has 3 atom stereocenters. The lowest BCUT2D eigenvalue weighted by Crippen LogP contribution is -2.22. The largest absolute Gasteiger partial charge is 0.464 e. The number of fused-ring (bicyclic) bond motifs is 2. The quantitative estimate of drug-likeness (QED) is 0.668. The molecule has 2 aliphatic rings. The van der Waals surface area contributed by atoms with Crippen molar-refractivity contribution in [2.75, 3.05) is 7.11 Å². The van der Waals surface area contributed by atoms with E-state index in [0.717, 1.165) is 37.1 Å². The highest BCUT2D eigenvalue weighted by atomic mass is 19.1. The van der Waals surface area contributed by atoms with Gasteiger partial charge < -0.3 is 14.0 Å². The van der Waals surface area contributed by atoms with Gasteiger partial charge in [0.2, 0.25) is 0 Å². The zero-order valence-corrected chi connectivity index (χ0v) is 16.0. The molecule has 29 heavy (non-hydrogen) atoms. The van der Waals surface area contributed by atoms with E-state index in [4.69, 9.17) is 9.47 Å². The Labute approximate surface area is 166 Å². The first-order valence-corrected chi connectivity index (χ1v) is 9.72. The third-order valence-electron chi connectivity index (χ3n) is 5.90. The van der Waals surface area contributed by atoms with E-state index in [0.29, 0.717) is 23.3 Å². The minimum absolute atomic E-state index is 0.266. The highest BCUT2D eigenvalue weighted by molar-refractivity contribution is 5.96. The van der Waals surface area contributed by atoms with E-state index in [-0.39, 0.29) is 17.6 Å². The van der Waals surface area contributed by atoms with Crippen LogP contribution in [0.25, 0.3) is 22.5 Å². The first kappa shape index (κ1) is 18.1. The fraction of sp³-hybridized carbons (Fsp3) is 0.381. The lowest BCUT2D eigenvalue weighted by Gasteiger charge is -2.20. The predicted octanol–water partition coefficient (Wildman–Crippen LogP) is 3.43. The van der Waals surface area contributed by atoms with E-state index < -0.39 is 5.97 Å². The molecule has 0 unspecified atom stereocenters. The second kappa shape index (κ2) is 7.11. The van der Waals surface area contributed by atoms with Crippen LogP contribution < -0.4 is 0 Å². The van der Waals surface area contributed by atoms with Crippen molar-refractivity contribution in [2.24, 2.45) is 5.92 Å². The third kappa shape index (κ3) is 3.13. The van der Waals surface area contributed by atoms with E-state index in [1.807, 2.05) is 4.57 Å². The number of hydrogen-bond donors (Lipinski definition) is 1. The second-order valence-corrected chi connectivity index (χ2v) is 7.62. The van der Waals surface area contributed by atoms with Gasteiger partial charge in [-0.05, 0) is 43.5 Å². The monoisotopic (exact) mass is 396 g/mol. The first-order chi connectivity index (χ1) is 14.1. The van der Waals surface area contributed by atoms with Crippen LogP contribution in [0.5, 0.6) is 0 Å². The zero-order valence-electron chi connectivity index (χ0n) is 16.0. The number of nitrogens with one attached hydrogen (secondary N) is 1. The minimum atomic E-state index is -0.501. The number of carbonyl (C=O) groups excluding carboxylic acids is 1. The van der Waals surface area contributed by atoms with Gasteiger partial charge in [-0.3, -0.25) is 5.10 Å². The van der Waals surface area contributed by atoms with Crippen molar-refractivity contribution in [2.45, 2.75) is 38.0 Å². The van der Waals surface area contributed by atoms with Gasteiger partial charge in [0.05, 0.1) is 48.8 Å². The van der Waals surface area contributed by atoms with E-state index in [9.17, 15) is 9.18 Å². The molecule has 2 fully saturated rings. The van der Waals surface area contributed by atoms with Crippen LogP contribution in [-0.2, 0) is 16.0 Å². The normalized spacial score (nSPS) is 22.9. The maximum atomic E-state index is 13.4. The first-order valence-electron chi connectivity index (χ1n) is 9.72. The van der Waals surface area contributed by atoms with Crippen LogP contribution in [0.2, 0.25) is 0 Å². The molecule has 0 aliphatic carbocycles. The number of methoxy groups -OCH3 is 1. The Morgan fingerprint density at radius 3 is 2.86 bits per heavy atom. The summed E-state index contributed by atoms with van der Waals surface area (Å²) in [5.41, 5.74) is 3.06. The molecule has 0 spiro atoms. The second-order valence-electron chi connectivity index (χ2n) is 7.62. The Morgan fingerprint density at radius 1 is 1.34 bits per heavy atom. The number of carbonyl (C=O) groups is 1. The van der Waals surface area contributed by atoms with Gasteiger partial charge in [-0.15, -0.1) is 0 Å². The number of hydrogen-bond acceptors (Lipinski definition) is 5. The smallest absolute Gasteiger partial charge is 0.356 e. The number of halogens is 1. The van der Waals surface area contributed by atoms with Gasteiger partial charge in [-0.25, -0.2) is 14.2 Å². The number of ether oxygens (including phenoxy) is 2. The minimum Gasteiger partial charge on any atom is -0.464 e. The van der Waals surface area contributed by atoms with Crippen molar-refractivity contribution in [3.8, 4) is 22.5 Å². The fourth-order valence-electron chi connectivity index (χ4n) is 4.53. The molecule has 2 bridgehead atoms. The fourth-order valence-corrected chi connectivity index (χ4v) is 4.53. The van der Waals surface area contributed by atoms with Crippen molar-refractivity contribution >= 4 is 5.97 Å². The van der Waals surface area contributed by atoms with Gasteiger partial charge >= 0.3 is 5.97 Å². The molecule has 1 N–H and O–H groups in total. The van der Waals surface area contributed by atoms with Gasteiger partial charge in [0.15, 0.2) is 5.69 Å². The van der Waals surface area contributed by atoms with Crippen molar-refractivity contribution in [3.63, 3.8) is 0 Å². The topological polar surface area (TPSA) is 82.0 Å². The van der Waals surface area contributed by atoms with Gasteiger partial charge in [-0.1, -0.05) is 0 Å². The molecule has 2 aromatic heterocycles.